The van der Waals surface area contributed by atoms with Gasteiger partial charge in [0.15, 0.2) is 5.82 Å². The second-order valence-corrected chi connectivity index (χ2v) is 7.93. The fourth-order valence-electron chi connectivity index (χ4n) is 4.22. The molecule has 0 unspecified atom stereocenters. The molecule has 1 saturated heterocycles. The van der Waals surface area contributed by atoms with Gasteiger partial charge in [0.05, 0.1) is 19.7 Å². The molecule has 168 valence electrons. The van der Waals surface area contributed by atoms with Crippen LogP contribution in [0.4, 0.5) is 5.95 Å². The van der Waals surface area contributed by atoms with E-state index >= 15 is 0 Å². The van der Waals surface area contributed by atoms with Gasteiger partial charge in [0.2, 0.25) is 5.95 Å². The van der Waals surface area contributed by atoms with Crippen LogP contribution in [-0.4, -0.2) is 68.4 Å². The molecule has 0 N–H and O–H groups in total. The Morgan fingerprint density at radius 2 is 1.61 bits per heavy atom. The van der Waals surface area contributed by atoms with Crippen LogP contribution in [0.1, 0.15) is 23.0 Å². The lowest BCUT2D eigenvalue weighted by atomic mass is 10.0. The van der Waals surface area contributed by atoms with Gasteiger partial charge in [0.25, 0.3) is 0 Å². The van der Waals surface area contributed by atoms with E-state index in [1.54, 1.807) is 19.5 Å². The number of nitrogens with zero attached hydrogens (tertiary/aromatic N) is 8. The van der Waals surface area contributed by atoms with E-state index in [2.05, 4.69) is 59.6 Å². The summed E-state index contributed by atoms with van der Waals surface area (Å²) < 4.78 is 7.27. The number of piperazine rings is 1. The standard InChI is InChI=1S/C24H26N8O/c1-33-21-10-8-20(9-11-21)22(23-27-28-29-32(23)18-19-6-3-2-4-7-19)30-14-16-31(17-15-30)24-25-12-5-13-26-24/h2-13,22H,14-18H2,1H3/t22-/m0/s1. The van der Waals surface area contributed by atoms with Gasteiger partial charge in [-0.05, 0) is 39.8 Å². The Kier molecular flexibility index (Phi) is 6.21. The zero-order chi connectivity index (χ0) is 22.5. The zero-order valence-corrected chi connectivity index (χ0v) is 18.5. The Labute approximate surface area is 192 Å². The average molecular weight is 443 g/mol. The fraction of sp³-hybridized carbons (Fsp3) is 0.292. The molecule has 0 aliphatic carbocycles. The number of hydrogen-bond acceptors (Lipinski definition) is 8. The molecule has 0 amide bonds. The second kappa shape index (κ2) is 9.74. The third kappa shape index (κ3) is 4.68. The largest absolute Gasteiger partial charge is 0.497 e. The molecular formula is C24H26N8O. The SMILES string of the molecule is COc1ccc([C@@H](c2nnnn2Cc2ccccc2)N2CCN(c3ncccn3)CC2)cc1. The number of benzene rings is 2. The first-order chi connectivity index (χ1) is 16.3. The van der Waals surface area contributed by atoms with E-state index in [1.807, 2.05) is 41.1 Å². The van der Waals surface area contributed by atoms with E-state index in [-0.39, 0.29) is 6.04 Å². The molecule has 1 atom stereocenters. The Morgan fingerprint density at radius 1 is 0.879 bits per heavy atom. The maximum atomic E-state index is 5.37. The van der Waals surface area contributed by atoms with Gasteiger partial charge in [0, 0.05) is 38.6 Å². The second-order valence-electron chi connectivity index (χ2n) is 7.93. The van der Waals surface area contributed by atoms with Gasteiger partial charge in [-0.3, -0.25) is 4.90 Å². The summed E-state index contributed by atoms with van der Waals surface area (Å²) in [5.74, 6) is 2.42. The zero-order valence-electron chi connectivity index (χ0n) is 18.5. The number of methoxy groups -OCH3 is 1. The van der Waals surface area contributed by atoms with Crippen molar-refractivity contribution in [2.45, 2.75) is 12.6 Å². The third-order valence-corrected chi connectivity index (χ3v) is 5.93. The van der Waals surface area contributed by atoms with Crippen LogP contribution >= 0.6 is 0 Å². The highest BCUT2D eigenvalue weighted by atomic mass is 16.5. The van der Waals surface area contributed by atoms with Crippen LogP contribution in [0, 0.1) is 0 Å². The first kappa shape index (κ1) is 21.0. The van der Waals surface area contributed by atoms with Crippen molar-refractivity contribution in [3.8, 4) is 5.75 Å². The number of tetrazole rings is 1. The van der Waals surface area contributed by atoms with Crippen molar-refractivity contribution in [3.05, 3.63) is 90.0 Å². The molecule has 0 spiro atoms. The molecule has 2 aromatic heterocycles. The van der Waals surface area contributed by atoms with E-state index in [0.717, 1.165) is 54.8 Å². The van der Waals surface area contributed by atoms with Crippen molar-refractivity contribution >= 4 is 5.95 Å². The van der Waals surface area contributed by atoms with Crippen LogP contribution in [0.5, 0.6) is 5.75 Å². The third-order valence-electron chi connectivity index (χ3n) is 5.93. The lowest BCUT2D eigenvalue weighted by molar-refractivity contribution is 0.200. The molecule has 0 bridgehead atoms. The van der Waals surface area contributed by atoms with E-state index in [0.29, 0.717) is 6.54 Å². The predicted octanol–water partition coefficient (Wildman–Crippen LogP) is 2.43. The van der Waals surface area contributed by atoms with Crippen LogP contribution in [0.25, 0.3) is 0 Å². The van der Waals surface area contributed by atoms with Gasteiger partial charge in [-0.15, -0.1) is 5.10 Å². The molecule has 4 aromatic rings. The van der Waals surface area contributed by atoms with E-state index in [4.69, 9.17) is 4.74 Å². The monoisotopic (exact) mass is 442 g/mol. The van der Waals surface area contributed by atoms with Crippen molar-refractivity contribution in [1.82, 2.24) is 35.1 Å². The summed E-state index contributed by atoms with van der Waals surface area (Å²) in [6, 6.07) is 20.2. The summed E-state index contributed by atoms with van der Waals surface area (Å²) in [5, 5.41) is 12.8. The van der Waals surface area contributed by atoms with Crippen LogP contribution in [0.2, 0.25) is 0 Å². The Bertz CT molecular complexity index is 1140. The molecule has 3 heterocycles. The normalized spacial score (nSPS) is 15.4. The Morgan fingerprint density at radius 3 is 2.30 bits per heavy atom. The van der Waals surface area contributed by atoms with Crippen LogP contribution in [0.15, 0.2) is 73.1 Å². The highest BCUT2D eigenvalue weighted by Crippen LogP contribution is 2.30. The molecule has 1 fully saturated rings. The summed E-state index contributed by atoms with van der Waals surface area (Å²) in [5.41, 5.74) is 2.29. The lowest BCUT2D eigenvalue weighted by Gasteiger charge is -2.38. The first-order valence-corrected chi connectivity index (χ1v) is 11.0. The molecule has 5 rings (SSSR count). The fourth-order valence-corrected chi connectivity index (χ4v) is 4.22. The van der Waals surface area contributed by atoms with Crippen molar-refractivity contribution in [3.63, 3.8) is 0 Å². The van der Waals surface area contributed by atoms with E-state index in [1.165, 1.54) is 0 Å². The number of aromatic nitrogens is 6. The first-order valence-electron chi connectivity index (χ1n) is 11.0. The van der Waals surface area contributed by atoms with Crippen molar-refractivity contribution in [2.75, 3.05) is 38.2 Å². The molecule has 0 radical (unpaired) electrons. The minimum absolute atomic E-state index is 0.0755. The van der Waals surface area contributed by atoms with Gasteiger partial charge >= 0.3 is 0 Å². The molecule has 33 heavy (non-hydrogen) atoms. The van der Waals surface area contributed by atoms with Gasteiger partial charge in [-0.1, -0.05) is 42.5 Å². The summed E-state index contributed by atoms with van der Waals surface area (Å²) >= 11 is 0. The molecule has 9 nitrogen and oxygen atoms in total. The number of rotatable bonds is 7. The smallest absolute Gasteiger partial charge is 0.225 e. The highest BCUT2D eigenvalue weighted by Gasteiger charge is 2.31. The van der Waals surface area contributed by atoms with Crippen molar-refractivity contribution in [1.29, 1.82) is 0 Å². The summed E-state index contributed by atoms with van der Waals surface area (Å²) in [6.07, 6.45) is 3.57. The lowest BCUT2D eigenvalue weighted by Crippen LogP contribution is -2.49. The predicted molar refractivity (Wildman–Crippen MR) is 124 cm³/mol. The number of ether oxygens (including phenoxy) is 1. The van der Waals surface area contributed by atoms with Crippen molar-refractivity contribution in [2.24, 2.45) is 0 Å². The van der Waals surface area contributed by atoms with E-state index < -0.39 is 0 Å². The summed E-state index contributed by atoms with van der Waals surface area (Å²) in [7, 11) is 1.68. The van der Waals surface area contributed by atoms with Crippen molar-refractivity contribution < 1.29 is 4.74 Å². The molecule has 2 aromatic carbocycles. The highest BCUT2D eigenvalue weighted by molar-refractivity contribution is 5.34. The van der Waals surface area contributed by atoms with Gasteiger partial charge in [-0.2, -0.15) is 0 Å². The quantitative estimate of drug-likeness (QED) is 0.431. The van der Waals surface area contributed by atoms with Crippen LogP contribution in [-0.2, 0) is 6.54 Å². The molecule has 0 saturated carbocycles. The Hall–Kier alpha value is -3.85. The summed E-state index contributed by atoms with van der Waals surface area (Å²) in [4.78, 5) is 13.5. The topological polar surface area (TPSA) is 85.1 Å². The summed E-state index contributed by atoms with van der Waals surface area (Å²) in [6.45, 7) is 3.96. The average Bonchev–Trinajstić information content (AvgIpc) is 3.33. The molecule has 9 heteroatoms. The number of hydrogen-bond donors (Lipinski definition) is 0. The minimum atomic E-state index is -0.0755. The van der Waals surface area contributed by atoms with Gasteiger partial charge in [-0.25, -0.2) is 14.6 Å². The maximum absolute atomic E-state index is 5.37. The molecular weight excluding hydrogens is 416 g/mol. The molecule has 1 aliphatic rings. The van der Waals surface area contributed by atoms with Gasteiger partial charge in [0.1, 0.15) is 5.75 Å². The maximum Gasteiger partial charge on any atom is 0.225 e. The molecule has 1 aliphatic heterocycles. The minimum Gasteiger partial charge on any atom is -0.497 e. The van der Waals surface area contributed by atoms with Crippen LogP contribution < -0.4 is 9.64 Å². The van der Waals surface area contributed by atoms with E-state index in [9.17, 15) is 0 Å². The Balaban J connectivity index is 1.43. The number of anilines is 1. The van der Waals surface area contributed by atoms with Crippen LogP contribution in [0.3, 0.4) is 0 Å². The van der Waals surface area contributed by atoms with Gasteiger partial charge < -0.3 is 9.64 Å².